The van der Waals surface area contributed by atoms with Crippen LogP contribution in [-0.2, 0) is 11.3 Å². The van der Waals surface area contributed by atoms with Gasteiger partial charge >= 0.3 is 0 Å². The maximum Gasteiger partial charge on any atom is 0.227 e. The normalized spacial score (nSPS) is 11.4. The van der Waals surface area contributed by atoms with Gasteiger partial charge in [0.25, 0.3) is 0 Å². The SMILES string of the molecule is CCNC(=NCc1ccccc1F)NCC(C)(C)C(=O)NC.I. The standard InChI is InChI=1S/C16H25FN4O.HI/c1-5-19-15(21-11-16(2,3)14(22)18-4)20-10-12-8-6-7-9-13(12)17;/h6-9H,5,10-11H2,1-4H3,(H,18,22)(H2,19,20,21);1H. The van der Waals surface area contributed by atoms with E-state index in [-0.39, 0.29) is 42.2 Å². The molecule has 0 spiro atoms. The van der Waals surface area contributed by atoms with Crippen molar-refractivity contribution in [3.63, 3.8) is 0 Å². The van der Waals surface area contributed by atoms with Gasteiger partial charge in [0.15, 0.2) is 5.96 Å². The van der Waals surface area contributed by atoms with Gasteiger partial charge in [-0.3, -0.25) is 4.79 Å². The van der Waals surface area contributed by atoms with Crippen molar-refractivity contribution in [1.29, 1.82) is 0 Å². The molecule has 23 heavy (non-hydrogen) atoms. The Morgan fingerprint density at radius 2 is 1.91 bits per heavy atom. The molecule has 1 aromatic carbocycles. The van der Waals surface area contributed by atoms with Crippen LogP contribution in [0.1, 0.15) is 26.3 Å². The third-order valence-electron chi connectivity index (χ3n) is 3.25. The Bertz CT molecular complexity index is 535. The average molecular weight is 436 g/mol. The molecular formula is C16H26FIN4O. The molecule has 0 radical (unpaired) electrons. The van der Waals surface area contributed by atoms with E-state index < -0.39 is 5.41 Å². The Hall–Kier alpha value is -1.38. The van der Waals surface area contributed by atoms with Crippen molar-refractivity contribution in [1.82, 2.24) is 16.0 Å². The van der Waals surface area contributed by atoms with Crippen LogP contribution in [0.5, 0.6) is 0 Å². The maximum absolute atomic E-state index is 13.6. The molecule has 1 amide bonds. The van der Waals surface area contributed by atoms with Gasteiger partial charge in [0, 0.05) is 25.7 Å². The Morgan fingerprint density at radius 1 is 1.26 bits per heavy atom. The highest BCUT2D eigenvalue weighted by atomic mass is 127. The lowest BCUT2D eigenvalue weighted by molar-refractivity contribution is -0.128. The average Bonchev–Trinajstić information content (AvgIpc) is 2.50. The highest BCUT2D eigenvalue weighted by Crippen LogP contribution is 2.13. The van der Waals surface area contributed by atoms with E-state index in [0.29, 0.717) is 24.6 Å². The van der Waals surface area contributed by atoms with Crippen LogP contribution in [-0.4, -0.2) is 32.0 Å². The van der Waals surface area contributed by atoms with Crippen molar-refractivity contribution < 1.29 is 9.18 Å². The lowest BCUT2D eigenvalue weighted by Crippen LogP contribution is -2.47. The van der Waals surface area contributed by atoms with Crippen LogP contribution in [0.2, 0.25) is 0 Å². The number of amides is 1. The summed E-state index contributed by atoms with van der Waals surface area (Å²) in [5, 5.41) is 8.85. The fourth-order valence-corrected chi connectivity index (χ4v) is 1.86. The Balaban J connectivity index is 0.00000484. The Morgan fingerprint density at radius 3 is 2.48 bits per heavy atom. The third kappa shape index (κ3) is 7.15. The van der Waals surface area contributed by atoms with Crippen LogP contribution in [0.15, 0.2) is 29.3 Å². The minimum Gasteiger partial charge on any atom is -0.359 e. The molecule has 0 aliphatic rings. The zero-order valence-corrected chi connectivity index (χ0v) is 16.4. The summed E-state index contributed by atoms with van der Waals surface area (Å²) in [7, 11) is 1.61. The van der Waals surface area contributed by atoms with Crippen molar-refractivity contribution in [2.45, 2.75) is 27.3 Å². The van der Waals surface area contributed by atoms with Gasteiger partial charge in [-0.2, -0.15) is 0 Å². The number of carbonyl (C=O) groups excluding carboxylic acids is 1. The van der Waals surface area contributed by atoms with Gasteiger partial charge < -0.3 is 16.0 Å². The van der Waals surface area contributed by atoms with Crippen molar-refractivity contribution in [2.24, 2.45) is 10.4 Å². The number of carbonyl (C=O) groups is 1. The summed E-state index contributed by atoms with van der Waals surface area (Å²) in [6.07, 6.45) is 0. The van der Waals surface area contributed by atoms with Crippen LogP contribution in [0.3, 0.4) is 0 Å². The molecule has 0 bridgehead atoms. The fraction of sp³-hybridized carbons (Fsp3) is 0.500. The quantitative estimate of drug-likeness (QED) is 0.364. The largest absolute Gasteiger partial charge is 0.359 e. The molecule has 0 heterocycles. The van der Waals surface area contributed by atoms with E-state index in [0.717, 1.165) is 0 Å². The van der Waals surface area contributed by atoms with Gasteiger partial charge in [-0.05, 0) is 26.8 Å². The van der Waals surface area contributed by atoms with E-state index in [2.05, 4.69) is 20.9 Å². The Kier molecular flexibility index (Phi) is 9.78. The number of rotatable bonds is 6. The fourth-order valence-electron chi connectivity index (χ4n) is 1.86. The number of aliphatic imine (C=N–C) groups is 1. The van der Waals surface area contributed by atoms with E-state index in [1.165, 1.54) is 6.07 Å². The van der Waals surface area contributed by atoms with E-state index in [4.69, 9.17) is 0 Å². The molecule has 0 atom stereocenters. The highest BCUT2D eigenvalue weighted by molar-refractivity contribution is 14.0. The predicted molar refractivity (Wildman–Crippen MR) is 102 cm³/mol. The summed E-state index contributed by atoms with van der Waals surface area (Å²) >= 11 is 0. The minimum absolute atomic E-state index is 0. The lowest BCUT2D eigenvalue weighted by Gasteiger charge is -2.24. The molecule has 130 valence electrons. The van der Waals surface area contributed by atoms with Gasteiger partial charge in [-0.1, -0.05) is 18.2 Å². The van der Waals surface area contributed by atoms with Gasteiger partial charge in [0.1, 0.15) is 5.82 Å². The molecule has 1 aromatic rings. The maximum atomic E-state index is 13.6. The summed E-state index contributed by atoms with van der Waals surface area (Å²) in [6, 6.07) is 6.55. The topological polar surface area (TPSA) is 65.5 Å². The molecule has 5 nitrogen and oxygen atoms in total. The number of nitrogens with one attached hydrogen (secondary N) is 3. The first-order chi connectivity index (χ1) is 10.4. The van der Waals surface area contributed by atoms with Crippen LogP contribution in [0, 0.1) is 11.2 Å². The minimum atomic E-state index is -0.567. The van der Waals surface area contributed by atoms with Gasteiger partial charge in [-0.25, -0.2) is 9.38 Å². The molecule has 1 rings (SSSR count). The highest BCUT2D eigenvalue weighted by Gasteiger charge is 2.26. The van der Waals surface area contributed by atoms with Crippen molar-refractivity contribution in [3.05, 3.63) is 35.6 Å². The summed E-state index contributed by atoms with van der Waals surface area (Å²) in [5.41, 5.74) is -0.0339. The van der Waals surface area contributed by atoms with Gasteiger partial charge in [-0.15, -0.1) is 24.0 Å². The number of nitrogens with zero attached hydrogens (tertiary/aromatic N) is 1. The monoisotopic (exact) mass is 436 g/mol. The van der Waals surface area contributed by atoms with Crippen LogP contribution >= 0.6 is 24.0 Å². The molecule has 3 N–H and O–H groups in total. The van der Waals surface area contributed by atoms with Gasteiger partial charge in [0.05, 0.1) is 12.0 Å². The summed E-state index contributed by atoms with van der Waals surface area (Å²) in [5.74, 6) is 0.237. The smallest absolute Gasteiger partial charge is 0.227 e. The first-order valence-corrected chi connectivity index (χ1v) is 7.38. The summed E-state index contributed by atoms with van der Waals surface area (Å²) < 4.78 is 13.6. The second-order valence-corrected chi connectivity index (χ2v) is 5.60. The van der Waals surface area contributed by atoms with E-state index in [1.807, 2.05) is 20.8 Å². The van der Waals surface area contributed by atoms with Crippen molar-refractivity contribution in [3.8, 4) is 0 Å². The summed E-state index contributed by atoms with van der Waals surface area (Å²) in [4.78, 5) is 16.1. The molecule has 0 aliphatic carbocycles. The van der Waals surface area contributed by atoms with Crippen molar-refractivity contribution >= 4 is 35.8 Å². The zero-order chi connectivity index (χ0) is 16.6. The van der Waals surface area contributed by atoms with Crippen molar-refractivity contribution in [2.75, 3.05) is 20.1 Å². The molecule has 0 fully saturated rings. The molecule has 7 heteroatoms. The molecule has 0 saturated heterocycles. The summed E-state index contributed by atoms with van der Waals surface area (Å²) in [6.45, 7) is 6.99. The van der Waals surface area contributed by atoms with Crippen LogP contribution in [0.25, 0.3) is 0 Å². The number of hydrogen-bond donors (Lipinski definition) is 3. The third-order valence-corrected chi connectivity index (χ3v) is 3.25. The molecule has 0 unspecified atom stereocenters. The predicted octanol–water partition coefficient (Wildman–Crippen LogP) is 2.27. The Labute approximate surface area is 154 Å². The number of hydrogen-bond acceptors (Lipinski definition) is 2. The van der Waals surface area contributed by atoms with E-state index in [1.54, 1.807) is 25.2 Å². The first kappa shape index (κ1) is 21.6. The van der Waals surface area contributed by atoms with Crippen LogP contribution in [0.4, 0.5) is 4.39 Å². The van der Waals surface area contributed by atoms with E-state index >= 15 is 0 Å². The number of benzene rings is 1. The lowest BCUT2D eigenvalue weighted by atomic mass is 9.92. The number of guanidine groups is 1. The van der Waals surface area contributed by atoms with E-state index in [9.17, 15) is 9.18 Å². The van der Waals surface area contributed by atoms with Crippen LogP contribution < -0.4 is 16.0 Å². The second kappa shape index (κ2) is 10.4. The molecule has 0 aromatic heterocycles. The zero-order valence-electron chi connectivity index (χ0n) is 14.1. The second-order valence-electron chi connectivity index (χ2n) is 5.60. The first-order valence-electron chi connectivity index (χ1n) is 7.38. The molecular weight excluding hydrogens is 410 g/mol. The molecule has 0 saturated carbocycles. The number of halogens is 2. The molecule has 0 aliphatic heterocycles. The van der Waals surface area contributed by atoms with Gasteiger partial charge in [0.2, 0.25) is 5.91 Å².